The van der Waals surface area contributed by atoms with E-state index < -0.39 is 0 Å². The summed E-state index contributed by atoms with van der Waals surface area (Å²) in [6.07, 6.45) is 2.15. The first kappa shape index (κ1) is 11.9. The third-order valence-corrected chi connectivity index (χ3v) is 4.06. The lowest BCUT2D eigenvalue weighted by atomic mass is 9.98. The Labute approximate surface area is 102 Å². The minimum Gasteiger partial charge on any atom is -0.271 e. The smallest absolute Gasteiger partial charge is 0.0438 e. The van der Waals surface area contributed by atoms with E-state index in [0.717, 1.165) is 11.4 Å². The second-order valence-electron chi connectivity index (χ2n) is 5.37. The molecule has 0 aliphatic heterocycles. The van der Waals surface area contributed by atoms with Crippen molar-refractivity contribution >= 4 is 11.6 Å². The standard InChI is InChI=1S/C13H19ClN2/c1-13(2)8-10(13)12(16-15)7-9-5-3-4-6-11(9)14/h3-6,10,12,16H,7-8,15H2,1-2H3. The molecule has 3 N–H and O–H groups in total. The van der Waals surface area contributed by atoms with E-state index in [2.05, 4.69) is 25.3 Å². The molecule has 88 valence electrons. The largest absolute Gasteiger partial charge is 0.271 e. The highest BCUT2D eigenvalue weighted by Gasteiger charge is 2.49. The van der Waals surface area contributed by atoms with Crippen molar-refractivity contribution in [2.24, 2.45) is 17.2 Å². The maximum atomic E-state index is 6.15. The minimum absolute atomic E-state index is 0.329. The van der Waals surface area contributed by atoms with Crippen LogP contribution >= 0.6 is 11.6 Å². The summed E-state index contributed by atoms with van der Waals surface area (Å²) < 4.78 is 0. The molecular formula is C13H19ClN2. The Kier molecular flexibility index (Phi) is 3.24. The van der Waals surface area contributed by atoms with Gasteiger partial charge in [0.2, 0.25) is 0 Å². The van der Waals surface area contributed by atoms with Crippen LogP contribution in [0.5, 0.6) is 0 Å². The predicted octanol–water partition coefficient (Wildman–Crippen LogP) is 2.76. The zero-order valence-corrected chi connectivity index (χ0v) is 10.6. The zero-order valence-electron chi connectivity index (χ0n) is 9.83. The molecule has 0 saturated heterocycles. The highest BCUT2D eigenvalue weighted by atomic mass is 35.5. The topological polar surface area (TPSA) is 38.0 Å². The fraction of sp³-hybridized carbons (Fsp3) is 0.538. The van der Waals surface area contributed by atoms with Crippen molar-refractivity contribution in [3.05, 3.63) is 34.9 Å². The minimum atomic E-state index is 0.329. The van der Waals surface area contributed by atoms with Gasteiger partial charge in [0.1, 0.15) is 0 Å². The van der Waals surface area contributed by atoms with E-state index in [4.69, 9.17) is 17.4 Å². The first-order valence-corrected chi connectivity index (χ1v) is 6.12. The molecule has 1 aromatic rings. The van der Waals surface area contributed by atoms with Crippen LogP contribution in [0.25, 0.3) is 0 Å². The molecule has 1 aliphatic carbocycles. The molecule has 16 heavy (non-hydrogen) atoms. The van der Waals surface area contributed by atoms with Crippen LogP contribution in [-0.4, -0.2) is 6.04 Å². The number of hydrogen-bond donors (Lipinski definition) is 2. The van der Waals surface area contributed by atoms with Crippen LogP contribution in [-0.2, 0) is 6.42 Å². The van der Waals surface area contributed by atoms with Crippen LogP contribution in [0.3, 0.4) is 0 Å². The molecule has 1 fully saturated rings. The van der Waals surface area contributed by atoms with Gasteiger partial charge in [0, 0.05) is 11.1 Å². The molecular weight excluding hydrogens is 220 g/mol. The average molecular weight is 239 g/mol. The molecule has 0 spiro atoms. The maximum Gasteiger partial charge on any atom is 0.0438 e. The van der Waals surface area contributed by atoms with Gasteiger partial charge in [-0.2, -0.15) is 0 Å². The van der Waals surface area contributed by atoms with E-state index >= 15 is 0 Å². The lowest BCUT2D eigenvalue weighted by molar-refractivity contribution is 0.409. The van der Waals surface area contributed by atoms with Crippen molar-refractivity contribution in [2.75, 3.05) is 0 Å². The predicted molar refractivity (Wildman–Crippen MR) is 68.2 cm³/mol. The summed E-state index contributed by atoms with van der Waals surface area (Å²) in [7, 11) is 0. The summed E-state index contributed by atoms with van der Waals surface area (Å²) in [6.45, 7) is 4.57. The van der Waals surface area contributed by atoms with Gasteiger partial charge in [0.05, 0.1) is 0 Å². The molecule has 1 aliphatic rings. The Balaban J connectivity index is 2.06. The van der Waals surface area contributed by atoms with Crippen LogP contribution in [0.4, 0.5) is 0 Å². The fourth-order valence-electron chi connectivity index (χ4n) is 2.41. The number of benzene rings is 1. The summed E-state index contributed by atoms with van der Waals surface area (Å²) in [6, 6.07) is 8.31. The number of hydrogen-bond acceptors (Lipinski definition) is 2. The summed E-state index contributed by atoms with van der Waals surface area (Å²) >= 11 is 6.15. The third kappa shape index (κ3) is 2.40. The van der Waals surface area contributed by atoms with Gasteiger partial charge >= 0.3 is 0 Å². The number of hydrazine groups is 1. The Morgan fingerprint density at radius 3 is 2.62 bits per heavy atom. The molecule has 0 aromatic heterocycles. The lowest BCUT2D eigenvalue weighted by Crippen LogP contribution is -2.39. The summed E-state index contributed by atoms with van der Waals surface area (Å²) in [5, 5.41) is 0.834. The number of nitrogens with one attached hydrogen (secondary N) is 1. The Morgan fingerprint density at radius 1 is 1.50 bits per heavy atom. The highest BCUT2D eigenvalue weighted by Crippen LogP contribution is 2.53. The van der Waals surface area contributed by atoms with Crippen LogP contribution < -0.4 is 11.3 Å². The Hall–Kier alpha value is -0.570. The molecule has 1 aromatic carbocycles. The first-order valence-electron chi connectivity index (χ1n) is 5.74. The molecule has 0 amide bonds. The van der Waals surface area contributed by atoms with Gasteiger partial charge < -0.3 is 0 Å². The molecule has 2 unspecified atom stereocenters. The fourth-order valence-corrected chi connectivity index (χ4v) is 2.63. The van der Waals surface area contributed by atoms with Crippen molar-refractivity contribution in [1.82, 2.24) is 5.43 Å². The van der Waals surface area contributed by atoms with Gasteiger partial charge in [-0.25, -0.2) is 0 Å². The van der Waals surface area contributed by atoms with E-state index in [9.17, 15) is 0 Å². The van der Waals surface area contributed by atoms with Gasteiger partial charge in [-0.15, -0.1) is 0 Å². The second kappa shape index (κ2) is 4.36. The zero-order chi connectivity index (χ0) is 11.8. The van der Waals surface area contributed by atoms with E-state index in [0.29, 0.717) is 17.4 Å². The van der Waals surface area contributed by atoms with Gasteiger partial charge in [-0.05, 0) is 35.8 Å². The Bertz CT molecular complexity index is 376. The van der Waals surface area contributed by atoms with Gasteiger partial charge in [-0.3, -0.25) is 11.3 Å². The summed E-state index contributed by atoms with van der Waals surface area (Å²) in [5.74, 6) is 6.30. The van der Waals surface area contributed by atoms with Crippen molar-refractivity contribution in [2.45, 2.75) is 32.7 Å². The Morgan fingerprint density at radius 2 is 2.12 bits per heavy atom. The van der Waals surface area contributed by atoms with Gasteiger partial charge in [0.15, 0.2) is 0 Å². The monoisotopic (exact) mass is 238 g/mol. The van der Waals surface area contributed by atoms with Crippen LogP contribution in [0.1, 0.15) is 25.8 Å². The van der Waals surface area contributed by atoms with E-state index in [1.54, 1.807) is 0 Å². The summed E-state index contributed by atoms with van der Waals surface area (Å²) in [4.78, 5) is 0. The maximum absolute atomic E-state index is 6.15. The number of rotatable bonds is 4. The molecule has 1 saturated carbocycles. The van der Waals surface area contributed by atoms with Gasteiger partial charge in [-0.1, -0.05) is 43.6 Å². The lowest BCUT2D eigenvalue weighted by Gasteiger charge is -2.18. The normalized spacial score (nSPS) is 24.1. The SMILES string of the molecule is CC1(C)CC1C(Cc1ccccc1Cl)NN. The van der Waals surface area contributed by atoms with E-state index in [1.165, 1.54) is 12.0 Å². The van der Waals surface area contributed by atoms with Crippen molar-refractivity contribution in [3.8, 4) is 0 Å². The van der Waals surface area contributed by atoms with E-state index in [-0.39, 0.29) is 0 Å². The summed E-state index contributed by atoms with van der Waals surface area (Å²) in [5.41, 5.74) is 4.54. The van der Waals surface area contributed by atoms with Crippen molar-refractivity contribution < 1.29 is 0 Å². The van der Waals surface area contributed by atoms with Crippen molar-refractivity contribution in [3.63, 3.8) is 0 Å². The molecule has 3 heteroatoms. The second-order valence-corrected chi connectivity index (χ2v) is 5.78. The molecule has 2 atom stereocenters. The number of nitrogens with two attached hydrogens (primary N) is 1. The first-order chi connectivity index (χ1) is 7.54. The average Bonchev–Trinajstić information content (AvgIpc) is 2.86. The molecule has 2 nitrogen and oxygen atoms in total. The molecule has 0 bridgehead atoms. The van der Waals surface area contributed by atoms with Crippen molar-refractivity contribution in [1.29, 1.82) is 0 Å². The molecule has 0 radical (unpaired) electrons. The number of halogens is 1. The quantitative estimate of drug-likeness (QED) is 0.625. The van der Waals surface area contributed by atoms with Crippen LogP contribution in [0.2, 0.25) is 5.02 Å². The highest BCUT2D eigenvalue weighted by molar-refractivity contribution is 6.31. The van der Waals surface area contributed by atoms with Crippen LogP contribution in [0.15, 0.2) is 24.3 Å². The van der Waals surface area contributed by atoms with E-state index in [1.807, 2.05) is 18.2 Å². The molecule has 2 rings (SSSR count). The third-order valence-electron chi connectivity index (χ3n) is 3.69. The van der Waals surface area contributed by atoms with Gasteiger partial charge in [0.25, 0.3) is 0 Å². The van der Waals surface area contributed by atoms with Crippen LogP contribution in [0, 0.1) is 11.3 Å². The molecule has 0 heterocycles.